The third-order valence-corrected chi connectivity index (χ3v) is 3.50. The van der Waals surface area contributed by atoms with E-state index < -0.39 is 6.36 Å². The van der Waals surface area contributed by atoms with Crippen LogP contribution in [0.2, 0.25) is 0 Å². The minimum Gasteiger partial charge on any atom is -0.493 e. The van der Waals surface area contributed by atoms with Gasteiger partial charge in [0.25, 0.3) is 0 Å². The van der Waals surface area contributed by atoms with Gasteiger partial charge in [0.1, 0.15) is 0 Å². The van der Waals surface area contributed by atoms with Gasteiger partial charge in [-0.05, 0) is 37.1 Å². The first kappa shape index (κ1) is 16.9. The SMILES string of the molecule is COc1ccc(CCCN2CCOCC2)cc1OC(F)(F)F. The van der Waals surface area contributed by atoms with E-state index in [2.05, 4.69) is 9.64 Å². The molecule has 1 fully saturated rings. The Morgan fingerprint density at radius 2 is 1.91 bits per heavy atom. The minimum absolute atomic E-state index is 0.0780. The molecular formula is C15H20F3NO3. The maximum Gasteiger partial charge on any atom is 0.573 e. The molecule has 0 atom stereocenters. The van der Waals surface area contributed by atoms with E-state index in [0.717, 1.165) is 44.8 Å². The van der Waals surface area contributed by atoms with Crippen molar-refractivity contribution in [2.45, 2.75) is 19.2 Å². The van der Waals surface area contributed by atoms with Gasteiger partial charge in [0.05, 0.1) is 20.3 Å². The molecule has 0 bridgehead atoms. The van der Waals surface area contributed by atoms with Gasteiger partial charge >= 0.3 is 6.36 Å². The highest BCUT2D eigenvalue weighted by atomic mass is 19.4. The Hall–Kier alpha value is -1.47. The first-order valence-electron chi connectivity index (χ1n) is 7.21. The van der Waals surface area contributed by atoms with Crippen LogP contribution in [0.1, 0.15) is 12.0 Å². The van der Waals surface area contributed by atoms with Crippen LogP contribution in [0.25, 0.3) is 0 Å². The molecule has 0 N–H and O–H groups in total. The summed E-state index contributed by atoms with van der Waals surface area (Å²) < 4.78 is 51.3. The number of rotatable bonds is 6. The zero-order chi connectivity index (χ0) is 16.0. The molecule has 0 aliphatic carbocycles. The van der Waals surface area contributed by atoms with E-state index in [9.17, 15) is 13.2 Å². The average molecular weight is 319 g/mol. The van der Waals surface area contributed by atoms with Gasteiger partial charge in [-0.3, -0.25) is 4.90 Å². The van der Waals surface area contributed by atoms with E-state index in [1.54, 1.807) is 6.07 Å². The number of hydrogen-bond acceptors (Lipinski definition) is 4. The topological polar surface area (TPSA) is 30.9 Å². The van der Waals surface area contributed by atoms with E-state index in [-0.39, 0.29) is 11.5 Å². The molecule has 0 saturated carbocycles. The summed E-state index contributed by atoms with van der Waals surface area (Å²) in [6, 6.07) is 4.66. The molecule has 4 nitrogen and oxygen atoms in total. The Kier molecular flexibility index (Phi) is 5.90. The normalized spacial score (nSPS) is 16.5. The third-order valence-electron chi connectivity index (χ3n) is 3.50. The molecular weight excluding hydrogens is 299 g/mol. The number of morpholine rings is 1. The van der Waals surface area contributed by atoms with Crippen LogP contribution in [-0.2, 0) is 11.2 Å². The molecule has 2 rings (SSSR count). The number of methoxy groups -OCH3 is 1. The molecule has 1 aliphatic heterocycles. The Bertz CT molecular complexity index is 474. The lowest BCUT2D eigenvalue weighted by molar-refractivity contribution is -0.275. The lowest BCUT2D eigenvalue weighted by Gasteiger charge is -2.26. The average Bonchev–Trinajstić information content (AvgIpc) is 2.47. The van der Waals surface area contributed by atoms with Crippen LogP contribution in [0.5, 0.6) is 11.5 Å². The largest absolute Gasteiger partial charge is 0.573 e. The lowest BCUT2D eigenvalue weighted by atomic mass is 10.1. The van der Waals surface area contributed by atoms with Crippen molar-refractivity contribution in [3.63, 3.8) is 0 Å². The maximum atomic E-state index is 12.4. The molecule has 124 valence electrons. The van der Waals surface area contributed by atoms with Crippen molar-refractivity contribution >= 4 is 0 Å². The van der Waals surface area contributed by atoms with E-state index in [4.69, 9.17) is 9.47 Å². The summed E-state index contributed by atoms with van der Waals surface area (Å²) in [5, 5.41) is 0. The van der Waals surface area contributed by atoms with Crippen molar-refractivity contribution in [2.75, 3.05) is 40.0 Å². The summed E-state index contributed by atoms with van der Waals surface area (Å²) in [4.78, 5) is 2.29. The van der Waals surface area contributed by atoms with Crippen molar-refractivity contribution in [1.82, 2.24) is 4.90 Å². The quantitative estimate of drug-likeness (QED) is 0.807. The highest BCUT2D eigenvalue weighted by Crippen LogP contribution is 2.33. The number of benzene rings is 1. The fraction of sp³-hybridized carbons (Fsp3) is 0.600. The molecule has 0 amide bonds. The number of halogens is 3. The molecule has 1 aromatic rings. The van der Waals surface area contributed by atoms with Gasteiger partial charge in [0, 0.05) is 13.1 Å². The molecule has 7 heteroatoms. The summed E-state index contributed by atoms with van der Waals surface area (Å²) in [5.74, 6) is -0.215. The molecule has 0 unspecified atom stereocenters. The summed E-state index contributed by atoms with van der Waals surface area (Å²) in [5.41, 5.74) is 0.799. The Balaban J connectivity index is 1.91. The van der Waals surface area contributed by atoms with Crippen molar-refractivity contribution in [2.24, 2.45) is 0 Å². The Morgan fingerprint density at radius 3 is 2.55 bits per heavy atom. The summed E-state index contributed by atoms with van der Waals surface area (Å²) >= 11 is 0. The number of ether oxygens (including phenoxy) is 3. The van der Waals surface area contributed by atoms with Crippen molar-refractivity contribution in [3.8, 4) is 11.5 Å². The van der Waals surface area contributed by atoms with Gasteiger partial charge in [-0.25, -0.2) is 0 Å². The molecule has 0 aromatic heterocycles. The van der Waals surface area contributed by atoms with Crippen LogP contribution < -0.4 is 9.47 Å². The number of alkyl halides is 3. The molecule has 0 radical (unpaired) electrons. The highest BCUT2D eigenvalue weighted by molar-refractivity contribution is 5.43. The summed E-state index contributed by atoms with van der Waals surface area (Å²) in [6.07, 6.45) is -3.16. The van der Waals surface area contributed by atoms with Crippen LogP contribution in [0.3, 0.4) is 0 Å². The molecule has 1 saturated heterocycles. The minimum atomic E-state index is -4.72. The van der Waals surface area contributed by atoms with Gasteiger partial charge in [-0.2, -0.15) is 0 Å². The zero-order valence-electron chi connectivity index (χ0n) is 12.5. The van der Waals surface area contributed by atoms with Gasteiger partial charge in [-0.1, -0.05) is 6.07 Å². The van der Waals surface area contributed by atoms with Crippen LogP contribution >= 0.6 is 0 Å². The first-order valence-corrected chi connectivity index (χ1v) is 7.21. The maximum absolute atomic E-state index is 12.4. The van der Waals surface area contributed by atoms with E-state index in [1.165, 1.54) is 19.2 Å². The highest BCUT2D eigenvalue weighted by Gasteiger charge is 2.32. The van der Waals surface area contributed by atoms with Crippen molar-refractivity contribution in [3.05, 3.63) is 23.8 Å². The van der Waals surface area contributed by atoms with Crippen molar-refractivity contribution < 1.29 is 27.4 Å². The number of nitrogens with zero attached hydrogens (tertiary/aromatic N) is 1. The van der Waals surface area contributed by atoms with Gasteiger partial charge in [0.15, 0.2) is 11.5 Å². The standard InChI is InChI=1S/C15H20F3NO3/c1-20-13-5-4-12(11-14(13)22-15(16,17)18)3-2-6-19-7-9-21-10-8-19/h4-5,11H,2-3,6-10H2,1H3. The second kappa shape index (κ2) is 7.69. The third kappa shape index (κ3) is 5.38. The predicted molar refractivity (Wildman–Crippen MR) is 75.3 cm³/mol. The zero-order valence-corrected chi connectivity index (χ0v) is 12.5. The van der Waals surface area contributed by atoms with Gasteiger partial charge in [0.2, 0.25) is 0 Å². The van der Waals surface area contributed by atoms with Crippen LogP contribution in [0.15, 0.2) is 18.2 Å². The molecule has 0 spiro atoms. The predicted octanol–water partition coefficient (Wildman–Crippen LogP) is 2.86. The van der Waals surface area contributed by atoms with E-state index in [1.807, 2.05) is 0 Å². The fourth-order valence-corrected chi connectivity index (χ4v) is 2.41. The van der Waals surface area contributed by atoms with Crippen LogP contribution in [0, 0.1) is 0 Å². The Labute approximate surface area is 127 Å². The molecule has 1 aliphatic rings. The monoisotopic (exact) mass is 319 g/mol. The number of hydrogen-bond donors (Lipinski definition) is 0. The fourth-order valence-electron chi connectivity index (χ4n) is 2.41. The Morgan fingerprint density at radius 1 is 1.18 bits per heavy atom. The summed E-state index contributed by atoms with van der Waals surface area (Å²) in [7, 11) is 1.32. The van der Waals surface area contributed by atoms with Gasteiger partial charge < -0.3 is 14.2 Å². The molecule has 22 heavy (non-hydrogen) atoms. The van der Waals surface area contributed by atoms with Gasteiger partial charge in [-0.15, -0.1) is 13.2 Å². The van der Waals surface area contributed by atoms with E-state index in [0.29, 0.717) is 6.42 Å². The van der Waals surface area contributed by atoms with Crippen molar-refractivity contribution in [1.29, 1.82) is 0 Å². The summed E-state index contributed by atoms with van der Waals surface area (Å²) in [6.45, 7) is 4.21. The van der Waals surface area contributed by atoms with Crippen LogP contribution in [-0.4, -0.2) is 51.2 Å². The number of aryl methyl sites for hydroxylation is 1. The second-order valence-corrected chi connectivity index (χ2v) is 5.09. The first-order chi connectivity index (χ1) is 10.5. The smallest absolute Gasteiger partial charge is 0.493 e. The second-order valence-electron chi connectivity index (χ2n) is 5.09. The molecule has 1 aromatic carbocycles. The van der Waals surface area contributed by atoms with Crippen LogP contribution in [0.4, 0.5) is 13.2 Å². The van der Waals surface area contributed by atoms with E-state index >= 15 is 0 Å². The lowest BCUT2D eigenvalue weighted by Crippen LogP contribution is -2.36. The molecule has 1 heterocycles.